The number of carbonyl (C=O) groups is 7. The molecule has 4 N–H and O–H groups in total. The SMILES string of the molecule is CC1CC2C(=O)OC(C)C(NC(=O)C(Cc3ccccc3)NC(=O)Nc3ccccc3)C(=O)N3CCCC3C(=O)N(C)C(CCCN3CCOCC3)C(=O)NC(C)C(=O)N2C1. The van der Waals surface area contributed by atoms with Crippen LogP contribution in [0.15, 0.2) is 60.7 Å². The quantitative estimate of drug-likeness (QED) is 0.255. The number of urea groups is 1. The lowest BCUT2D eigenvalue weighted by Gasteiger charge is -2.37. The summed E-state index contributed by atoms with van der Waals surface area (Å²) in [6.07, 6.45) is 0.730. The van der Waals surface area contributed by atoms with Gasteiger partial charge in [-0.25, -0.2) is 9.59 Å². The third kappa shape index (κ3) is 11.4. The van der Waals surface area contributed by atoms with Crippen LogP contribution in [0.25, 0.3) is 0 Å². The number of morpholine rings is 1. The molecule has 0 spiro atoms. The van der Waals surface area contributed by atoms with E-state index in [1.165, 1.54) is 21.6 Å². The number of cyclic esters (lactones) is 1. The Hall–Kier alpha value is -5.55. The molecule has 7 amide bonds. The fourth-order valence-corrected chi connectivity index (χ4v) is 8.69. The molecule has 4 fully saturated rings. The first-order chi connectivity index (χ1) is 29.3. The van der Waals surface area contributed by atoms with Gasteiger partial charge in [0.2, 0.25) is 29.5 Å². The molecule has 6 rings (SSSR count). The Morgan fingerprint density at radius 2 is 1.54 bits per heavy atom. The number of anilines is 1. The third-order valence-corrected chi connectivity index (χ3v) is 12.1. The van der Waals surface area contributed by atoms with Gasteiger partial charge in [0.1, 0.15) is 42.4 Å². The van der Waals surface area contributed by atoms with Gasteiger partial charge >= 0.3 is 12.0 Å². The molecule has 4 aliphatic heterocycles. The first-order valence-electron chi connectivity index (χ1n) is 21.5. The average Bonchev–Trinajstić information content (AvgIpc) is 3.91. The van der Waals surface area contributed by atoms with Gasteiger partial charge in [-0.3, -0.25) is 28.9 Å². The molecule has 4 aliphatic rings. The summed E-state index contributed by atoms with van der Waals surface area (Å²) >= 11 is 0. The molecule has 0 radical (unpaired) electrons. The molecule has 2 aromatic carbocycles. The number of hydrogen-bond donors (Lipinski definition) is 4. The van der Waals surface area contributed by atoms with E-state index >= 15 is 0 Å². The molecular formula is C44H60N8O9. The maximum absolute atomic E-state index is 14.8. The van der Waals surface area contributed by atoms with Crippen LogP contribution in [-0.2, 0) is 44.7 Å². The number of nitrogens with one attached hydrogen (secondary N) is 4. The summed E-state index contributed by atoms with van der Waals surface area (Å²) in [5.41, 5.74) is 1.24. The van der Waals surface area contributed by atoms with Crippen molar-refractivity contribution in [3.8, 4) is 0 Å². The minimum atomic E-state index is -1.49. The van der Waals surface area contributed by atoms with E-state index in [0.29, 0.717) is 51.1 Å². The number of nitrogens with zero attached hydrogens (tertiary/aromatic N) is 4. The number of carbonyl (C=O) groups excluding carboxylic acids is 7. The van der Waals surface area contributed by atoms with Crippen LogP contribution in [0.3, 0.4) is 0 Å². The number of rotatable bonds is 10. The Morgan fingerprint density at radius 3 is 2.25 bits per heavy atom. The molecule has 4 heterocycles. The normalized spacial score (nSPS) is 27.4. The second-order valence-corrected chi connectivity index (χ2v) is 16.7. The zero-order valence-corrected chi connectivity index (χ0v) is 35.5. The van der Waals surface area contributed by atoms with E-state index in [1.807, 2.05) is 25.1 Å². The van der Waals surface area contributed by atoms with Gasteiger partial charge in [-0.05, 0) is 76.1 Å². The lowest BCUT2D eigenvalue weighted by atomic mass is 10.0. The average molecular weight is 845 g/mol. The van der Waals surface area contributed by atoms with Crippen LogP contribution in [0.2, 0.25) is 0 Å². The summed E-state index contributed by atoms with van der Waals surface area (Å²) < 4.78 is 11.5. The van der Waals surface area contributed by atoms with Gasteiger partial charge < -0.3 is 45.4 Å². The first-order valence-corrected chi connectivity index (χ1v) is 21.5. The van der Waals surface area contributed by atoms with Crippen molar-refractivity contribution in [2.75, 3.05) is 58.3 Å². The summed E-state index contributed by atoms with van der Waals surface area (Å²) in [6.45, 7) is 8.80. The maximum Gasteiger partial charge on any atom is 0.329 e. The molecular weight excluding hydrogens is 785 g/mol. The fourth-order valence-electron chi connectivity index (χ4n) is 8.69. The number of ether oxygens (including phenoxy) is 2. The van der Waals surface area contributed by atoms with Gasteiger partial charge in [0.15, 0.2) is 0 Å². The second kappa shape index (κ2) is 20.8. The van der Waals surface area contributed by atoms with Crippen molar-refractivity contribution in [3.63, 3.8) is 0 Å². The van der Waals surface area contributed by atoms with E-state index in [-0.39, 0.29) is 31.8 Å². The van der Waals surface area contributed by atoms with Crippen molar-refractivity contribution in [1.29, 1.82) is 0 Å². The monoisotopic (exact) mass is 844 g/mol. The molecule has 8 unspecified atom stereocenters. The highest BCUT2D eigenvalue weighted by Crippen LogP contribution is 2.27. The van der Waals surface area contributed by atoms with Crippen molar-refractivity contribution in [2.24, 2.45) is 5.92 Å². The molecule has 8 atom stereocenters. The summed E-state index contributed by atoms with van der Waals surface area (Å²) in [7, 11) is 1.54. The number of likely N-dealkylation sites (N-methyl/N-ethyl adjacent to an activating group) is 1. The molecule has 2 aromatic rings. The number of para-hydroxylation sites is 1. The standard InChI is InChI=1S/C44H60N8O9/c1-28-25-36-43(58)61-30(3)37(48-38(53)33(26-31-13-7-5-8-14-31)47-44(59)46-32-15-9-6-10-16-32)42(57)51-20-12-18-35(51)41(56)49(4)34(17-11-19-50-21-23-60-24-22-50)39(54)45-29(2)40(55)52(36)27-28/h5-10,13-16,28-30,33-37H,11-12,17-27H2,1-4H3,(H,45,54)(H,48,53)(H2,46,47,59). The summed E-state index contributed by atoms with van der Waals surface area (Å²) in [6, 6.07) is 10.5. The third-order valence-electron chi connectivity index (χ3n) is 12.1. The molecule has 4 saturated heterocycles. The Bertz CT molecular complexity index is 1880. The smallest absolute Gasteiger partial charge is 0.329 e. The van der Waals surface area contributed by atoms with Crippen LogP contribution in [0.1, 0.15) is 58.4 Å². The molecule has 0 saturated carbocycles. The van der Waals surface area contributed by atoms with Gasteiger partial charge in [-0.2, -0.15) is 0 Å². The second-order valence-electron chi connectivity index (χ2n) is 16.7. The Morgan fingerprint density at radius 1 is 0.852 bits per heavy atom. The number of hydrogen-bond acceptors (Lipinski definition) is 10. The van der Waals surface area contributed by atoms with E-state index in [1.54, 1.807) is 56.4 Å². The zero-order chi connectivity index (χ0) is 43.6. The summed E-state index contributed by atoms with van der Waals surface area (Å²) in [5.74, 6) is -3.68. The van der Waals surface area contributed by atoms with E-state index in [9.17, 15) is 33.6 Å². The van der Waals surface area contributed by atoms with E-state index < -0.39 is 83.9 Å². The number of fused-ring (bicyclic) bond motifs is 2. The molecule has 61 heavy (non-hydrogen) atoms. The minimum Gasteiger partial charge on any atom is -0.458 e. The van der Waals surface area contributed by atoms with Gasteiger partial charge in [0.25, 0.3) is 0 Å². The van der Waals surface area contributed by atoms with Gasteiger partial charge in [-0.15, -0.1) is 0 Å². The van der Waals surface area contributed by atoms with Crippen LogP contribution in [0, 0.1) is 5.92 Å². The predicted molar refractivity (Wildman–Crippen MR) is 225 cm³/mol. The highest BCUT2D eigenvalue weighted by atomic mass is 16.5. The topological polar surface area (TPSA) is 199 Å². The number of esters is 1. The Labute approximate surface area is 357 Å². The largest absolute Gasteiger partial charge is 0.458 e. The van der Waals surface area contributed by atoms with Gasteiger partial charge in [0, 0.05) is 45.3 Å². The van der Waals surface area contributed by atoms with Gasteiger partial charge in [-0.1, -0.05) is 55.5 Å². The van der Waals surface area contributed by atoms with Crippen molar-refractivity contribution in [3.05, 3.63) is 66.2 Å². The van der Waals surface area contributed by atoms with Crippen molar-refractivity contribution >= 4 is 47.2 Å². The lowest BCUT2D eigenvalue weighted by Crippen LogP contribution is -2.62. The molecule has 0 bridgehead atoms. The molecule has 0 aliphatic carbocycles. The molecule has 330 valence electrons. The van der Waals surface area contributed by atoms with E-state index in [2.05, 4.69) is 26.2 Å². The number of amides is 7. The highest BCUT2D eigenvalue weighted by molar-refractivity contribution is 5.98. The van der Waals surface area contributed by atoms with Crippen LogP contribution in [0.5, 0.6) is 0 Å². The fraction of sp³-hybridized carbons (Fsp3) is 0.568. The van der Waals surface area contributed by atoms with Crippen LogP contribution < -0.4 is 21.3 Å². The summed E-state index contributed by atoms with van der Waals surface area (Å²) in [4.78, 5) is 106. The Kier molecular flexibility index (Phi) is 15.4. The molecule has 17 heteroatoms. The predicted octanol–water partition coefficient (Wildman–Crippen LogP) is 1.52. The van der Waals surface area contributed by atoms with Crippen LogP contribution >= 0.6 is 0 Å². The maximum atomic E-state index is 14.8. The Balaban J connectivity index is 1.30. The van der Waals surface area contributed by atoms with Crippen LogP contribution in [0.4, 0.5) is 10.5 Å². The lowest BCUT2D eigenvalue weighted by molar-refractivity contribution is -0.162. The van der Waals surface area contributed by atoms with Crippen LogP contribution in [-0.4, -0.2) is 156 Å². The molecule has 0 aromatic heterocycles. The minimum absolute atomic E-state index is 0.0593. The van der Waals surface area contributed by atoms with E-state index in [0.717, 1.165) is 18.7 Å². The zero-order valence-electron chi connectivity index (χ0n) is 35.5. The van der Waals surface area contributed by atoms with Gasteiger partial charge in [0.05, 0.1) is 13.2 Å². The van der Waals surface area contributed by atoms with Crippen molar-refractivity contribution < 1.29 is 43.0 Å². The van der Waals surface area contributed by atoms with E-state index in [4.69, 9.17) is 9.47 Å². The highest BCUT2D eigenvalue weighted by Gasteiger charge is 2.46. The first kappa shape index (κ1) is 45.0. The molecule has 17 nitrogen and oxygen atoms in total. The number of benzene rings is 2. The van der Waals surface area contributed by atoms with Crippen molar-refractivity contribution in [2.45, 2.75) is 102 Å². The van der Waals surface area contributed by atoms with Crippen molar-refractivity contribution in [1.82, 2.24) is 35.6 Å². The summed E-state index contributed by atoms with van der Waals surface area (Å²) in [5, 5.41) is 11.1.